The molecule has 1 saturated heterocycles. The molecule has 2 aromatic heterocycles. The summed E-state index contributed by atoms with van der Waals surface area (Å²) in [6, 6.07) is 5.97. The normalized spacial score (nSPS) is 16.4. The van der Waals surface area contributed by atoms with Gasteiger partial charge in [0, 0.05) is 33.2 Å². The Morgan fingerprint density at radius 2 is 2.10 bits per heavy atom. The summed E-state index contributed by atoms with van der Waals surface area (Å²) in [5.41, 5.74) is 1.55. The van der Waals surface area contributed by atoms with Gasteiger partial charge in [-0.2, -0.15) is 5.10 Å². The van der Waals surface area contributed by atoms with Gasteiger partial charge in [-0.3, -0.25) is 9.48 Å². The summed E-state index contributed by atoms with van der Waals surface area (Å²) < 4.78 is 1.79. The van der Waals surface area contributed by atoms with E-state index in [4.69, 9.17) is 0 Å². The van der Waals surface area contributed by atoms with E-state index < -0.39 is 0 Å². The molecule has 1 amide bonds. The second-order valence-electron chi connectivity index (χ2n) is 5.24. The summed E-state index contributed by atoms with van der Waals surface area (Å²) in [5, 5.41) is 6.43. The lowest BCUT2D eigenvalue weighted by Crippen LogP contribution is -2.48. The summed E-state index contributed by atoms with van der Waals surface area (Å²) >= 11 is 1.66. The summed E-state index contributed by atoms with van der Waals surface area (Å²) in [6.07, 6.45) is 0. The van der Waals surface area contributed by atoms with E-state index in [1.165, 1.54) is 0 Å². The van der Waals surface area contributed by atoms with Gasteiger partial charge in [0.25, 0.3) is 5.91 Å². The van der Waals surface area contributed by atoms with Crippen molar-refractivity contribution < 1.29 is 4.79 Å². The molecule has 0 saturated carbocycles. The Morgan fingerprint density at radius 1 is 1.33 bits per heavy atom. The third-order valence-electron chi connectivity index (χ3n) is 3.98. The smallest absolute Gasteiger partial charge is 0.274 e. The number of aromatic nitrogens is 2. The van der Waals surface area contributed by atoms with Gasteiger partial charge in [0.2, 0.25) is 0 Å². The molecule has 2 aromatic rings. The van der Waals surface area contributed by atoms with Crippen LogP contribution in [0.5, 0.6) is 0 Å². The average molecular weight is 304 g/mol. The minimum Gasteiger partial charge on any atom is -0.335 e. The molecule has 0 aliphatic carbocycles. The number of thiophene rings is 1. The monoisotopic (exact) mass is 304 g/mol. The van der Waals surface area contributed by atoms with Crippen molar-refractivity contribution in [2.75, 3.05) is 32.7 Å². The van der Waals surface area contributed by atoms with Crippen molar-refractivity contribution in [1.29, 1.82) is 0 Å². The van der Waals surface area contributed by atoms with E-state index in [1.54, 1.807) is 16.0 Å². The van der Waals surface area contributed by atoms with Crippen molar-refractivity contribution in [3.05, 3.63) is 29.3 Å². The van der Waals surface area contributed by atoms with Gasteiger partial charge in [0.15, 0.2) is 5.69 Å². The summed E-state index contributed by atoms with van der Waals surface area (Å²) in [4.78, 5) is 18.0. The largest absolute Gasteiger partial charge is 0.335 e. The van der Waals surface area contributed by atoms with E-state index in [0.717, 1.165) is 43.3 Å². The quantitative estimate of drug-likeness (QED) is 0.870. The molecule has 1 fully saturated rings. The summed E-state index contributed by atoms with van der Waals surface area (Å²) in [5.74, 6) is 0.0455. The lowest BCUT2D eigenvalue weighted by atomic mass is 10.2. The molecule has 3 heterocycles. The number of nitrogens with zero attached hydrogens (tertiary/aromatic N) is 4. The van der Waals surface area contributed by atoms with Crippen LogP contribution >= 0.6 is 11.3 Å². The number of amides is 1. The molecule has 0 bridgehead atoms. The van der Waals surface area contributed by atoms with Crippen LogP contribution in [0.2, 0.25) is 0 Å². The number of aryl methyl sites for hydroxylation is 1. The second kappa shape index (κ2) is 5.99. The molecule has 0 atom stereocenters. The Hall–Kier alpha value is -1.66. The average Bonchev–Trinajstić information content (AvgIpc) is 3.15. The molecular weight excluding hydrogens is 284 g/mol. The molecule has 5 nitrogen and oxygen atoms in total. The van der Waals surface area contributed by atoms with Gasteiger partial charge in [-0.25, -0.2) is 0 Å². The number of hydrogen-bond acceptors (Lipinski definition) is 4. The SMILES string of the molecule is CCN1CCN(C(=O)c2cc(-c3cccs3)n(C)n2)CC1. The number of carbonyl (C=O) groups excluding carboxylic acids is 1. The summed E-state index contributed by atoms with van der Waals surface area (Å²) in [7, 11) is 1.89. The van der Waals surface area contributed by atoms with E-state index >= 15 is 0 Å². The molecule has 0 unspecified atom stereocenters. The van der Waals surface area contributed by atoms with Crippen LogP contribution in [0.1, 0.15) is 17.4 Å². The van der Waals surface area contributed by atoms with Crippen molar-refractivity contribution in [2.45, 2.75) is 6.92 Å². The first kappa shape index (κ1) is 14.3. The lowest BCUT2D eigenvalue weighted by Gasteiger charge is -2.33. The molecule has 112 valence electrons. The highest BCUT2D eigenvalue weighted by Gasteiger charge is 2.24. The third kappa shape index (κ3) is 2.87. The molecule has 0 aromatic carbocycles. The fraction of sp³-hybridized carbons (Fsp3) is 0.467. The van der Waals surface area contributed by atoms with Crippen molar-refractivity contribution >= 4 is 17.2 Å². The van der Waals surface area contributed by atoms with Crippen molar-refractivity contribution in [3.63, 3.8) is 0 Å². The lowest BCUT2D eigenvalue weighted by molar-refractivity contribution is 0.0637. The molecule has 0 N–H and O–H groups in total. The van der Waals surface area contributed by atoms with E-state index in [9.17, 15) is 4.79 Å². The zero-order valence-electron chi connectivity index (χ0n) is 12.5. The number of carbonyl (C=O) groups is 1. The van der Waals surface area contributed by atoms with Crippen LogP contribution in [0.3, 0.4) is 0 Å². The van der Waals surface area contributed by atoms with Crippen LogP contribution in [0.4, 0.5) is 0 Å². The summed E-state index contributed by atoms with van der Waals surface area (Å²) in [6.45, 7) is 6.69. The van der Waals surface area contributed by atoms with Crippen molar-refractivity contribution in [3.8, 4) is 10.6 Å². The van der Waals surface area contributed by atoms with Crippen molar-refractivity contribution in [2.24, 2.45) is 7.05 Å². The third-order valence-corrected chi connectivity index (χ3v) is 4.87. The molecule has 6 heteroatoms. The van der Waals surface area contributed by atoms with Crippen LogP contribution in [0.15, 0.2) is 23.6 Å². The van der Waals surface area contributed by atoms with Gasteiger partial charge in [-0.1, -0.05) is 13.0 Å². The zero-order valence-corrected chi connectivity index (χ0v) is 13.3. The van der Waals surface area contributed by atoms with Crippen LogP contribution in [0, 0.1) is 0 Å². The van der Waals surface area contributed by atoms with Gasteiger partial charge >= 0.3 is 0 Å². The van der Waals surface area contributed by atoms with Gasteiger partial charge in [-0.05, 0) is 24.1 Å². The highest BCUT2D eigenvalue weighted by atomic mass is 32.1. The Morgan fingerprint density at radius 3 is 2.71 bits per heavy atom. The Balaban J connectivity index is 1.75. The van der Waals surface area contributed by atoms with E-state index in [2.05, 4.69) is 23.0 Å². The molecule has 3 rings (SSSR count). The maximum absolute atomic E-state index is 12.6. The molecule has 1 aliphatic heterocycles. The molecule has 0 spiro atoms. The van der Waals surface area contributed by atoms with Gasteiger partial charge < -0.3 is 9.80 Å². The predicted molar refractivity (Wildman–Crippen MR) is 84.5 cm³/mol. The second-order valence-corrected chi connectivity index (χ2v) is 6.19. The topological polar surface area (TPSA) is 41.4 Å². The fourth-order valence-electron chi connectivity index (χ4n) is 2.66. The minimum atomic E-state index is 0.0455. The molecule has 0 radical (unpaired) electrons. The Bertz CT molecular complexity index is 612. The number of hydrogen-bond donors (Lipinski definition) is 0. The molecular formula is C15H20N4OS. The zero-order chi connectivity index (χ0) is 14.8. The van der Waals surface area contributed by atoms with Gasteiger partial charge in [-0.15, -0.1) is 11.3 Å². The number of likely N-dealkylation sites (N-methyl/N-ethyl adjacent to an activating group) is 1. The predicted octanol–water partition coefficient (Wildman–Crippen LogP) is 1.93. The highest BCUT2D eigenvalue weighted by Crippen LogP contribution is 2.25. The maximum atomic E-state index is 12.6. The van der Waals surface area contributed by atoms with E-state index in [-0.39, 0.29) is 5.91 Å². The first-order valence-electron chi connectivity index (χ1n) is 7.28. The highest BCUT2D eigenvalue weighted by molar-refractivity contribution is 7.13. The van der Waals surface area contributed by atoms with Gasteiger partial charge in [0.05, 0.1) is 10.6 Å². The van der Waals surface area contributed by atoms with E-state index in [0.29, 0.717) is 5.69 Å². The fourth-order valence-corrected chi connectivity index (χ4v) is 3.43. The first-order chi connectivity index (χ1) is 10.2. The number of rotatable bonds is 3. The van der Waals surface area contributed by atoms with Crippen LogP contribution in [-0.4, -0.2) is 58.2 Å². The molecule has 21 heavy (non-hydrogen) atoms. The Labute approximate surface area is 128 Å². The Kier molecular flexibility index (Phi) is 4.07. The maximum Gasteiger partial charge on any atom is 0.274 e. The van der Waals surface area contributed by atoms with Crippen LogP contribution in [0.25, 0.3) is 10.6 Å². The van der Waals surface area contributed by atoms with E-state index in [1.807, 2.05) is 29.5 Å². The van der Waals surface area contributed by atoms with Crippen molar-refractivity contribution in [1.82, 2.24) is 19.6 Å². The van der Waals surface area contributed by atoms with Crippen LogP contribution in [-0.2, 0) is 7.05 Å². The minimum absolute atomic E-state index is 0.0455. The van der Waals surface area contributed by atoms with Gasteiger partial charge in [0.1, 0.15) is 0 Å². The standard InChI is InChI=1S/C15H20N4OS/c1-3-18-6-8-19(9-7-18)15(20)12-11-13(17(2)16-12)14-5-4-10-21-14/h4-5,10-11H,3,6-9H2,1-2H3. The number of piperazine rings is 1. The molecule has 1 aliphatic rings. The van der Waals surface area contributed by atoms with Crippen LogP contribution < -0.4 is 0 Å². The first-order valence-corrected chi connectivity index (χ1v) is 8.16.